The third kappa shape index (κ3) is 4.44. The second-order valence-electron chi connectivity index (χ2n) is 5.76. The molecule has 0 atom stereocenters. The zero-order valence-corrected chi connectivity index (χ0v) is 16.1. The molecule has 1 N–H and O–H groups in total. The minimum atomic E-state index is -0.549. The topological polar surface area (TPSA) is 84.7 Å². The number of nitro groups is 1. The number of nitrogens with zero attached hydrogens (tertiary/aromatic N) is 2. The molecule has 1 heterocycles. The first-order chi connectivity index (χ1) is 12.9. The highest BCUT2D eigenvalue weighted by Gasteiger charge is 2.23. The Morgan fingerprint density at radius 2 is 1.74 bits per heavy atom. The normalized spacial score (nSPS) is 14.1. The number of hydrogen-bond acceptors (Lipinski definition) is 5. The molecule has 3 rings (SSSR count). The van der Waals surface area contributed by atoms with Crippen molar-refractivity contribution in [1.29, 1.82) is 0 Å². The highest BCUT2D eigenvalue weighted by molar-refractivity contribution is 6.44. The molecule has 1 fully saturated rings. The van der Waals surface area contributed by atoms with Crippen molar-refractivity contribution in [1.82, 2.24) is 0 Å². The highest BCUT2D eigenvalue weighted by atomic mass is 35.5. The predicted octanol–water partition coefficient (Wildman–Crippen LogP) is 4.64. The molecular weight excluding hydrogens is 417 g/mol. The van der Waals surface area contributed by atoms with E-state index in [1.54, 1.807) is 6.07 Å². The maximum atomic E-state index is 12.5. The first-order valence-electron chi connectivity index (χ1n) is 7.94. The van der Waals surface area contributed by atoms with E-state index in [0.717, 1.165) is 0 Å². The summed E-state index contributed by atoms with van der Waals surface area (Å²) >= 11 is 17.9. The van der Waals surface area contributed by atoms with Gasteiger partial charge in [0.05, 0.1) is 38.9 Å². The molecule has 7 nitrogen and oxygen atoms in total. The molecular formula is C17H14Cl3N3O4. The van der Waals surface area contributed by atoms with Gasteiger partial charge in [0, 0.05) is 24.7 Å². The summed E-state index contributed by atoms with van der Waals surface area (Å²) in [4.78, 5) is 25.4. The number of hydrogen-bond donors (Lipinski definition) is 1. The number of ether oxygens (including phenoxy) is 1. The smallest absolute Gasteiger partial charge is 0.293 e. The fraction of sp³-hybridized carbons (Fsp3) is 0.235. The van der Waals surface area contributed by atoms with Gasteiger partial charge in [-0.15, -0.1) is 0 Å². The van der Waals surface area contributed by atoms with Crippen molar-refractivity contribution in [3.63, 3.8) is 0 Å². The van der Waals surface area contributed by atoms with E-state index in [9.17, 15) is 14.9 Å². The maximum absolute atomic E-state index is 12.5. The van der Waals surface area contributed by atoms with Crippen LogP contribution < -0.4 is 10.2 Å². The molecule has 0 aliphatic carbocycles. The molecule has 10 heteroatoms. The molecule has 142 valence electrons. The second-order valence-corrected chi connectivity index (χ2v) is 6.98. The predicted molar refractivity (Wildman–Crippen MR) is 106 cm³/mol. The molecule has 1 aliphatic rings. The van der Waals surface area contributed by atoms with Gasteiger partial charge in [-0.1, -0.05) is 34.8 Å². The molecule has 0 bridgehead atoms. The zero-order valence-electron chi connectivity index (χ0n) is 13.9. The van der Waals surface area contributed by atoms with Gasteiger partial charge in [0.25, 0.3) is 11.6 Å². The van der Waals surface area contributed by atoms with Gasteiger partial charge in [0.2, 0.25) is 0 Å². The Morgan fingerprint density at radius 3 is 2.41 bits per heavy atom. The van der Waals surface area contributed by atoms with Crippen LogP contribution in [0.2, 0.25) is 15.1 Å². The van der Waals surface area contributed by atoms with Gasteiger partial charge in [-0.05, 0) is 24.3 Å². The Hall–Kier alpha value is -2.06. The van der Waals surface area contributed by atoms with Crippen molar-refractivity contribution >= 4 is 57.8 Å². The van der Waals surface area contributed by atoms with Crippen LogP contribution in [0.15, 0.2) is 30.3 Å². The summed E-state index contributed by atoms with van der Waals surface area (Å²) in [5, 5.41) is 14.8. The Bertz CT molecular complexity index is 901. The number of nitrogens with one attached hydrogen (secondary N) is 1. The molecule has 27 heavy (non-hydrogen) atoms. The van der Waals surface area contributed by atoms with Gasteiger partial charge >= 0.3 is 0 Å². The lowest BCUT2D eigenvalue weighted by atomic mass is 10.1. The van der Waals surface area contributed by atoms with Gasteiger partial charge in [-0.25, -0.2) is 0 Å². The van der Waals surface area contributed by atoms with Crippen LogP contribution >= 0.6 is 34.8 Å². The van der Waals surface area contributed by atoms with Crippen molar-refractivity contribution in [3.8, 4) is 0 Å². The molecule has 0 radical (unpaired) electrons. The fourth-order valence-electron chi connectivity index (χ4n) is 2.70. The first kappa shape index (κ1) is 19.7. The van der Waals surface area contributed by atoms with Crippen molar-refractivity contribution in [2.45, 2.75) is 0 Å². The first-order valence-corrected chi connectivity index (χ1v) is 9.07. The van der Waals surface area contributed by atoms with Gasteiger partial charge in [-0.3, -0.25) is 14.9 Å². The lowest BCUT2D eigenvalue weighted by molar-refractivity contribution is -0.384. The van der Waals surface area contributed by atoms with E-state index in [2.05, 4.69) is 5.32 Å². The molecule has 0 saturated carbocycles. The van der Waals surface area contributed by atoms with E-state index in [-0.39, 0.29) is 32.0 Å². The Kier molecular flexibility index (Phi) is 6.06. The highest BCUT2D eigenvalue weighted by Crippen LogP contribution is 2.33. The standard InChI is InChI=1S/C17H14Cl3N3O4/c18-11-8-13(20)14(9-12(11)19)21-17(24)10-1-2-15(16(7-10)23(25)26)22-3-5-27-6-4-22/h1-2,7-9H,3-6H2,(H,21,24). The molecule has 1 amide bonds. The lowest BCUT2D eigenvalue weighted by Gasteiger charge is -2.28. The van der Waals surface area contributed by atoms with Crippen LogP contribution in [0.1, 0.15) is 10.4 Å². The van der Waals surface area contributed by atoms with Crippen molar-refractivity contribution < 1.29 is 14.5 Å². The minimum Gasteiger partial charge on any atom is -0.378 e. The van der Waals surface area contributed by atoms with Gasteiger partial charge in [0.15, 0.2) is 0 Å². The van der Waals surface area contributed by atoms with Crippen molar-refractivity contribution in [2.24, 2.45) is 0 Å². The Balaban J connectivity index is 1.88. The van der Waals surface area contributed by atoms with Gasteiger partial charge in [0.1, 0.15) is 5.69 Å². The number of morpholine rings is 1. The van der Waals surface area contributed by atoms with Crippen LogP contribution in [0.5, 0.6) is 0 Å². The summed E-state index contributed by atoms with van der Waals surface area (Å²) in [5.74, 6) is -0.549. The third-order valence-corrected chi connectivity index (χ3v) is 5.08. The molecule has 1 aliphatic heterocycles. The van der Waals surface area contributed by atoms with Gasteiger partial charge < -0.3 is 15.0 Å². The molecule has 1 saturated heterocycles. The molecule has 0 spiro atoms. The van der Waals surface area contributed by atoms with Crippen LogP contribution in [0.4, 0.5) is 17.1 Å². The Labute approximate surface area is 169 Å². The number of carbonyl (C=O) groups is 1. The van der Waals surface area contributed by atoms with Crippen LogP contribution in [0.3, 0.4) is 0 Å². The largest absolute Gasteiger partial charge is 0.378 e. The minimum absolute atomic E-state index is 0.126. The van der Waals surface area contributed by atoms with Crippen LogP contribution in [-0.2, 0) is 4.74 Å². The average Bonchev–Trinajstić information content (AvgIpc) is 2.66. The molecule has 2 aromatic carbocycles. The Morgan fingerprint density at radius 1 is 1.07 bits per heavy atom. The summed E-state index contributed by atoms with van der Waals surface area (Å²) in [5.41, 5.74) is 0.689. The van der Waals surface area contributed by atoms with E-state index in [1.807, 2.05) is 4.90 Å². The second kappa shape index (κ2) is 8.31. The van der Waals surface area contributed by atoms with Crippen LogP contribution in [-0.4, -0.2) is 37.1 Å². The summed E-state index contributed by atoms with van der Waals surface area (Å²) in [6, 6.07) is 7.16. The van der Waals surface area contributed by atoms with E-state index >= 15 is 0 Å². The van der Waals surface area contributed by atoms with E-state index in [4.69, 9.17) is 39.5 Å². The number of nitro benzene ring substituents is 1. The average molecular weight is 431 g/mol. The summed E-state index contributed by atoms with van der Waals surface area (Å²) in [6.07, 6.45) is 0. The molecule has 0 aromatic heterocycles. The van der Waals surface area contributed by atoms with E-state index < -0.39 is 10.8 Å². The monoisotopic (exact) mass is 429 g/mol. The summed E-state index contributed by atoms with van der Waals surface area (Å²) < 4.78 is 5.27. The number of amides is 1. The molecule has 0 unspecified atom stereocenters. The summed E-state index contributed by atoms with van der Waals surface area (Å²) in [6.45, 7) is 2.08. The third-order valence-electron chi connectivity index (χ3n) is 4.04. The number of rotatable bonds is 4. The van der Waals surface area contributed by atoms with E-state index in [0.29, 0.717) is 32.0 Å². The summed E-state index contributed by atoms with van der Waals surface area (Å²) in [7, 11) is 0. The van der Waals surface area contributed by atoms with Crippen molar-refractivity contribution in [2.75, 3.05) is 36.5 Å². The van der Waals surface area contributed by atoms with Crippen molar-refractivity contribution in [3.05, 3.63) is 61.1 Å². The SMILES string of the molecule is O=C(Nc1cc(Cl)c(Cl)cc1Cl)c1ccc(N2CCOCC2)c([N+](=O)[O-])c1. The maximum Gasteiger partial charge on any atom is 0.293 e. The van der Waals surface area contributed by atoms with E-state index in [1.165, 1.54) is 24.3 Å². The van der Waals surface area contributed by atoms with Gasteiger partial charge in [-0.2, -0.15) is 0 Å². The quantitative estimate of drug-likeness (QED) is 0.434. The van der Waals surface area contributed by atoms with Crippen LogP contribution in [0.25, 0.3) is 0 Å². The van der Waals surface area contributed by atoms with Crippen LogP contribution in [0, 0.1) is 10.1 Å². The molecule has 2 aromatic rings. The number of anilines is 2. The number of carbonyl (C=O) groups excluding carboxylic acids is 1. The lowest BCUT2D eigenvalue weighted by Crippen LogP contribution is -2.36. The zero-order chi connectivity index (χ0) is 19.6. The number of halogens is 3. The number of benzene rings is 2. The fourth-order valence-corrected chi connectivity index (χ4v) is 3.29.